The number of hydrogen-bond donors (Lipinski definition) is 0. The summed E-state index contributed by atoms with van der Waals surface area (Å²) in [6, 6.07) is 0. The van der Waals surface area contributed by atoms with Crippen LogP contribution in [0.15, 0.2) is 0 Å². The summed E-state index contributed by atoms with van der Waals surface area (Å²) >= 11 is 0. The average molecular weight is 101 g/mol. The third-order valence-electron chi connectivity index (χ3n) is 0.637. The molecule has 0 unspecified atom stereocenters. The Morgan fingerprint density at radius 3 is 2.57 bits per heavy atom. The Bertz CT molecular complexity index is 23.4. The van der Waals surface area contributed by atoms with Gasteiger partial charge in [0.05, 0.1) is 13.5 Å². The molecule has 0 aliphatic rings. The molecule has 0 aromatic rings. The van der Waals surface area contributed by atoms with E-state index in [-0.39, 0.29) is 0 Å². The molecule has 0 spiro atoms. The van der Waals surface area contributed by atoms with Crippen molar-refractivity contribution in [2.45, 2.75) is 19.8 Å². The summed E-state index contributed by atoms with van der Waals surface area (Å²) in [5.41, 5.74) is 0. The lowest BCUT2D eigenvalue weighted by Crippen LogP contribution is -1.92. The highest BCUT2D eigenvalue weighted by atomic mass is 16.5. The van der Waals surface area contributed by atoms with E-state index in [0.29, 0.717) is 0 Å². The van der Waals surface area contributed by atoms with Crippen LogP contribution in [-0.2, 0) is 4.74 Å². The first-order chi connectivity index (χ1) is 3.41. The monoisotopic (exact) mass is 101 g/mol. The van der Waals surface area contributed by atoms with Crippen LogP contribution in [-0.4, -0.2) is 13.2 Å². The molecule has 0 fully saturated rings. The van der Waals surface area contributed by atoms with E-state index < -0.39 is 0 Å². The Hall–Kier alpha value is -0.170. The minimum Gasteiger partial charge on any atom is -0.377 e. The summed E-state index contributed by atoms with van der Waals surface area (Å²) in [6.45, 7) is 7.43. The highest BCUT2D eigenvalue weighted by Crippen LogP contribution is 1.81. The molecule has 1 nitrogen and oxygen atoms in total. The number of rotatable bonds is 4. The first kappa shape index (κ1) is 6.83. The second-order valence-corrected chi connectivity index (χ2v) is 1.47. The average Bonchev–Trinajstić information content (AvgIpc) is 1.69. The van der Waals surface area contributed by atoms with Gasteiger partial charge in [0.1, 0.15) is 6.42 Å². The molecule has 42 valence electrons. The van der Waals surface area contributed by atoms with Crippen molar-refractivity contribution in [1.29, 1.82) is 0 Å². The molecule has 0 amide bonds. The molecule has 0 aromatic carbocycles. The van der Waals surface area contributed by atoms with Gasteiger partial charge in [0.15, 0.2) is 0 Å². The van der Waals surface area contributed by atoms with Crippen LogP contribution in [0.2, 0.25) is 0 Å². The molecule has 0 saturated carbocycles. The molecule has 1 heteroatoms. The van der Waals surface area contributed by atoms with Crippen molar-refractivity contribution in [3.63, 3.8) is 0 Å². The van der Waals surface area contributed by atoms with Gasteiger partial charge in [-0.3, -0.25) is 0 Å². The molecule has 0 saturated heterocycles. The van der Waals surface area contributed by atoms with Crippen LogP contribution >= 0.6 is 0 Å². The predicted molar refractivity (Wildman–Crippen MR) is 31.1 cm³/mol. The summed E-state index contributed by atoms with van der Waals surface area (Å²) in [6.07, 6.45) is 2.00. The van der Waals surface area contributed by atoms with E-state index in [2.05, 4.69) is 13.8 Å². The summed E-state index contributed by atoms with van der Waals surface area (Å²) in [7, 11) is 0. The van der Waals surface area contributed by atoms with Crippen LogP contribution in [0.3, 0.4) is 0 Å². The van der Waals surface area contributed by atoms with E-state index in [1.807, 2.05) is 0 Å². The Morgan fingerprint density at radius 1 is 1.43 bits per heavy atom. The molecule has 0 radical (unpaired) electrons. The van der Waals surface area contributed by atoms with E-state index >= 15 is 0 Å². The van der Waals surface area contributed by atoms with Crippen LogP contribution in [0.5, 0.6) is 0 Å². The fourth-order valence-electron chi connectivity index (χ4n) is 0.348. The van der Waals surface area contributed by atoms with Crippen molar-refractivity contribution in [3.8, 4) is 0 Å². The Kier molecular flexibility index (Phi) is 5.69. The molecular formula is C6H13O+. The SMILES string of the molecule is [CH2+]CCOCCC. The van der Waals surface area contributed by atoms with Crippen molar-refractivity contribution in [3.05, 3.63) is 6.92 Å². The molecule has 0 aromatic heterocycles. The second-order valence-electron chi connectivity index (χ2n) is 1.47. The van der Waals surface area contributed by atoms with Gasteiger partial charge in [-0.15, -0.1) is 0 Å². The normalized spacial score (nSPS) is 9.29. The van der Waals surface area contributed by atoms with E-state index in [1.165, 1.54) is 0 Å². The number of hydrogen-bond acceptors (Lipinski definition) is 1. The minimum atomic E-state index is 0.813. The zero-order valence-corrected chi connectivity index (χ0v) is 4.94. The quantitative estimate of drug-likeness (QED) is 0.386. The van der Waals surface area contributed by atoms with Crippen molar-refractivity contribution < 1.29 is 4.74 Å². The minimum absolute atomic E-state index is 0.813. The first-order valence-corrected chi connectivity index (χ1v) is 2.78. The van der Waals surface area contributed by atoms with E-state index in [1.54, 1.807) is 0 Å². The van der Waals surface area contributed by atoms with Gasteiger partial charge < -0.3 is 4.74 Å². The maximum Gasteiger partial charge on any atom is 0.108 e. The van der Waals surface area contributed by atoms with Crippen LogP contribution in [0.4, 0.5) is 0 Å². The fourth-order valence-corrected chi connectivity index (χ4v) is 0.348. The molecule has 0 N–H and O–H groups in total. The topological polar surface area (TPSA) is 9.23 Å². The summed E-state index contributed by atoms with van der Waals surface area (Å²) in [5.74, 6) is 0. The molecule has 0 rings (SSSR count). The third-order valence-corrected chi connectivity index (χ3v) is 0.637. The van der Waals surface area contributed by atoms with Crippen LogP contribution in [0, 0.1) is 6.92 Å². The standard InChI is InChI=1S/C6H13O/c1-3-5-7-6-4-2/h1,3-6H2,2H3/q+1. The lowest BCUT2D eigenvalue weighted by molar-refractivity contribution is 0.139. The molecule has 0 atom stereocenters. The largest absolute Gasteiger partial charge is 0.377 e. The molecule has 0 aliphatic carbocycles. The van der Waals surface area contributed by atoms with Gasteiger partial charge in [-0.2, -0.15) is 0 Å². The van der Waals surface area contributed by atoms with Crippen molar-refractivity contribution in [2.24, 2.45) is 0 Å². The zero-order valence-electron chi connectivity index (χ0n) is 4.94. The lowest BCUT2D eigenvalue weighted by Gasteiger charge is -1.92. The van der Waals surface area contributed by atoms with Gasteiger partial charge in [-0.1, -0.05) is 6.92 Å². The Balaban J connectivity index is 2.45. The lowest BCUT2D eigenvalue weighted by atomic mass is 10.5. The Labute approximate surface area is 45.7 Å². The summed E-state index contributed by atoms with van der Waals surface area (Å²) < 4.78 is 5.07. The van der Waals surface area contributed by atoms with Crippen LogP contribution in [0.1, 0.15) is 19.8 Å². The van der Waals surface area contributed by atoms with Gasteiger partial charge in [-0.05, 0) is 6.42 Å². The zero-order chi connectivity index (χ0) is 5.54. The van der Waals surface area contributed by atoms with Gasteiger partial charge >= 0.3 is 0 Å². The van der Waals surface area contributed by atoms with Crippen LogP contribution in [0.25, 0.3) is 0 Å². The highest BCUT2D eigenvalue weighted by Gasteiger charge is 1.81. The molecule has 7 heavy (non-hydrogen) atoms. The summed E-state index contributed by atoms with van der Waals surface area (Å²) in [4.78, 5) is 0. The predicted octanol–water partition coefficient (Wildman–Crippen LogP) is 1.64. The van der Waals surface area contributed by atoms with E-state index in [4.69, 9.17) is 4.74 Å². The smallest absolute Gasteiger partial charge is 0.108 e. The van der Waals surface area contributed by atoms with Gasteiger partial charge in [0, 0.05) is 6.61 Å². The molecule has 0 aliphatic heterocycles. The van der Waals surface area contributed by atoms with Crippen molar-refractivity contribution >= 4 is 0 Å². The Morgan fingerprint density at radius 2 is 2.14 bits per heavy atom. The summed E-state index contributed by atoms with van der Waals surface area (Å²) in [5, 5.41) is 0. The molecule has 0 bridgehead atoms. The maximum atomic E-state index is 5.07. The molecular weight excluding hydrogens is 88.1 g/mol. The van der Waals surface area contributed by atoms with Gasteiger partial charge in [-0.25, -0.2) is 0 Å². The fraction of sp³-hybridized carbons (Fsp3) is 0.833. The van der Waals surface area contributed by atoms with Crippen molar-refractivity contribution in [2.75, 3.05) is 13.2 Å². The van der Waals surface area contributed by atoms with Crippen LogP contribution < -0.4 is 0 Å². The van der Waals surface area contributed by atoms with Gasteiger partial charge in [0.2, 0.25) is 0 Å². The second kappa shape index (κ2) is 5.83. The van der Waals surface area contributed by atoms with E-state index in [0.717, 1.165) is 26.1 Å². The number of ether oxygens (including phenoxy) is 1. The maximum absolute atomic E-state index is 5.07. The first-order valence-electron chi connectivity index (χ1n) is 2.78. The third kappa shape index (κ3) is 5.83. The van der Waals surface area contributed by atoms with E-state index in [9.17, 15) is 0 Å². The molecule has 0 heterocycles. The van der Waals surface area contributed by atoms with Gasteiger partial charge in [0.25, 0.3) is 0 Å². The highest BCUT2D eigenvalue weighted by molar-refractivity contribution is 4.34. The van der Waals surface area contributed by atoms with Crippen molar-refractivity contribution in [1.82, 2.24) is 0 Å².